The van der Waals surface area contributed by atoms with Gasteiger partial charge in [-0.3, -0.25) is 0 Å². The molecule has 1 unspecified atom stereocenters. The van der Waals surface area contributed by atoms with Crippen LogP contribution >= 0.6 is 11.8 Å². The van der Waals surface area contributed by atoms with E-state index < -0.39 is 5.25 Å². The first-order valence-corrected chi connectivity index (χ1v) is 9.45. The molecule has 2 aromatic carbocycles. The molecule has 1 atom stereocenters. The van der Waals surface area contributed by atoms with E-state index in [1.807, 2.05) is 49.4 Å². The van der Waals surface area contributed by atoms with Crippen molar-refractivity contribution in [1.29, 1.82) is 5.26 Å². The molecule has 0 radical (unpaired) electrons. The van der Waals surface area contributed by atoms with E-state index in [9.17, 15) is 10.4 Å². The topological polar surface area (TPSA) is 111 Å². The van der Waals surface area contributed by atoms with Gasteiger partial charge in [-0.15, -0.1) is 0 Å². The van der Waals surface area contributed by atoms with E-state index in [0.29, 0.717) is 11.0 Å². The van der Waals surface area contributed by atoms with E-state index in [2.05, 4.69) is 26.0 Å². The zero-order chi connectivity index (χ0) is 19.7. The molecule has 0 aliphatic carbocycles. The third-order valence-corrected chi connectivity index (χ3v) is 5.33. The third-order valence-electron chi connectivity index (χ3n) is 4.33. The molecule has 0 amide bonds. The fourth-order valence-electron chi connectivity index (χ4n) is 2.88. The molecule has 0 aliphatic rings. The van der Waals surface area contributed by atoms with Gasteiger partial charge in [-0.05, 0) is 31.2 Å². The second-order valence-electron chi connectivity index (χ2n) is 6.16. The summed E-state index contributed by atoms with van der Waals surface area (Å²) in [6.45, 7) is 1.81. The lowest BCUT2D eigenvalue weighted by Crippen LogP contribution is -2.05. The maximum atomic E-state index is 10.7. The Morgan fingerprint density at radius 1 is 1.14 bits per heavy atom. The highest BCUT2D eigenvalue weighted by molar-refractivity contribution is 7.99. The average molecular weight is 391 g/mol. The van der Waals surface area contributed by atoms with Crippen molar-refractivity contribution < 1.29 is 9.84 Å². The van der Waals surface area contributed by atoms with Crippen molar-refractivity contribution in [2.75, 3.05) is 7.11 Å². The van der Waals surface area contributed by atoms with Crippen molar-refractivity contribution in [2.24, 2.45) is 0 Å². The lowest BCUT2D eigenvalue weighted by atomic mass is 10.2. The van der Waals surface area contributed by atoms with Gasteiger partial charge in [0.1, 0.15) is 23.2 Å². The molecule has 2 aromatic heterocycles. The number of aromatic amines is 2. The monoisotopic (exact) mass is 391 g/mol. The highest BCUT2D eigenvalue weighted by atomic mass is 32.2. The zero-order valence-electron chi connectivity index (χ0n) is 15.2. The third kappa shape index (κ3) is 3.28. The van der Waals surface area contributed by atoms with Gasteiger partial charge >= 0.3 is 0 Å². The molecule has 4 aromatic rings. The van der Waals surface area contributed by atoms with E-state index in [1.54, 1.807) is 7.11 Å². The lowest BCUT2D eigenvalue weighted by Gasteiger charge is -2.09. The Morgan fingerprint density at radius 3 is 2.68 bits per heavy atom. The highest BCUT2D eigenvalue weighted by Gasteiger charge is 2.20. The highest BCUT2D eigenvalue weighted by Crippen LogP contribution is 2.31. The van der Waals surface area contributed by atoms with Gasteiger partial charge in [0.25, 0.3) is 0 Å². The van der Waals surface area contributed by atoms with Crippen molar-refractivity contribution in [1.82, 2.24) is 19.9 Å². The molecule has 2 heterocycles. The number of allylic oxidation sites excluding steroid dienone is 1. The largest absolute Gasteiger partial charge is 0.510 e. The van der Waals surface area contributed by atoms with Crippen molar-refractivity contribution in [3.05, 3.63) is 54.0 Å². The molecule has 4 rings (SSSR count). The minimum absolute atomic E-state index is 0.0513. The minimum Gasteiger partial charge on any atom is -0.510 e. The average Bonchev–Trinajstić information content (AvgIpc) is 3.30. The van der Waals surface area contributed by atoms with Gasteiger partial charge in [-0.1, -0.05) is 23.9 Å². The second-order valence-corrected chi connectivity index (χ2v) is 7.49. The SMILES string of the molecule is COc1ccc2nc(SC(C)/C(O)=C(\C#N)c3nc4ccccc4[nH]3)[nH]c2c1. The molecule has 0 saturated carbocycles. The van der Waals surface area contributed by atoms with Gasteiger partial charge in [-0.2, -0.15) is 5.26 Å². The van der Waals surface area contributed by atoms with Gasteiger partial charge in [0, 0.05) is 6.07 Å². The van der Waals surface area contributed by atoms with Crippen LogP contribution in [0.15, 0.2) is 53.4 Å². The number of thioether (sulfide) groups is 1. The summed E-state index contributed by atoms with van der Waals surface area (Å²) < 4.78 is 5.22. The maximum absolute atomic E-state index is 10.7. The Bertz CT molecular complexity index is 1200. The summed E-state index contributed by atoms with van der Waals surface area (Å²) in [6.07, 6.45) is 0. The number of nitrogens with one attached hydrogen (secondary N) is 2. The molecule has 8 heteroatoms. The van der Waals surface area contributed by atoms with Crippen LogP contribution in [0.3, 0.4) is 0 Å². The van der Waals surface area contributed by atoms with E-state index >= 15 is 0 Å². The van der Waals surface area contributed by atoms with Crippen LogP contribution in [0.25, 0.3) is 27.6 Å². The molecule has 0 bridgehead atoms. The van der Waals surface area contributed by atoms with E-state index in [-0.39, 0.29) is 11.3 Å². The number of aliphatic hydroxyl groups excluding tert-OH is 1. The smallest absolute Gasteiger partial charge is 0.167 e. The van der Waals surface area contributed by atoms with Crippen LogP contribution in [0, 0.1) is 11.3 Å². The number of hydrogen-bond donors (Lipinski definition) is 3. The molecular formula is C20H17N5O2S. The number of nitrogens with zero attached hydrogens (tertiary/aromatic N) is 3. The van der Waals surface area contributed by atoms with Gasteiger partial charge < -0.3 is 19.8 Å². The van der Waals surface area contributed by atoms with Gasteiger partial charge in [0.2, 0.25) is 0 Å². The molecule has 0 saturated heterocycles. The van der Waals surface area contributed by atoms with E-state index in [1.165, 1.54) is 11.8 Å². The van der Waals surface area contributed by atoms with Crippen LogP contribution in [0.2, 0.25) is 0 Å². The number of H-pyrrole nitrogens is 2. The first-order chi connectivity index (χ1) is 13.6. The number of ether oxygens (including phenoxy) is 1. The van der Waals surface area contributed by atoms with Crippen LogP contribution in [-0.4, -0.2) is 37.4 Å². The molecule has 0 fully saturated rings. The summed E-state index contributed by atoms with van der Waals surface area (Å²) in [7, 11) is 1.61. The Kier molecular flexibility index (Phi) is 4.67. The number of methoxy groups -OCH3 is 1. The van der Waals surface area contributed by atoms with Crippen molar-refractivity contribution in [3.63, 3.8) is 0 Å². The first-order valence-electron chi connectivity index (χ1n) is 8.58. The minimum atomic E-state index is -0.398. The fourth-order valence-corrected chi connectivity index (χ4v) is 3.76. The van der Waals surface area contributed by atoms with Gasteiger partial charge in [-0.25, -0.2) is 9.97 Å². The predicted molar refractivity (Wildman–Crippen MR) is 109 cm³/mol. The van der Waals surface area contributed by atoms with Crippen LogP contribution in [0.4, 0.5) is 0 Å². The molecule has 0 aliphatic heterocycles. The van der Waals surface area contributed by atoms with Crippen molar-refractivity contribution in [2.45, 2.75) is 17.3 Å². The lowest BCUT2D eigenvalue weighted by molar-refractivity contribution is 0.401. The van der Waals surface area contributed by atoms with Crippen LogP contribution < -0.4 is 4.74 Å². The molecule has 140 valence electrons. The first kappa shape index (κ1) is 17.9. The number of nitriles is 1. The number of fused-ring (bicyclic) bond motifs is 2. The fraction of sp³-hybridized carbons (Fsp3) is 0.150. The molecule has 7 nitrogen and oxygen atoms in total. The van der Waals surface area contributed by atoms with Crippen LogP contribution in [-0.2, 0) is 0 Å². The van der Waals surface area contributed by atoms with Crippen molar-refractivity contribution in [3.8, 4) is 11.8 Å². The second kappa shape index (κ2) is 7.29. The maximum Gasteiger partial charge on any atom is 0.167 e. The Labute approximate surface area is 165 Å². The summed E-state index contributed by atoms with van der Waals surface area (Å²) in [5.41, 5.74) is 3.32. The number of hydrogen-bond acceptors (Lipinski definition) is 6. The zero-order valence-corrected chi connectivity index (χ0v) is 16.0. The summed E-state index contributed by atoms with van der Waals surface area (Å²) in [6, 6.07) is 15.1. The number of rotatable bonds is 5. The molecular weight excluding hydrogens is 374 g/mol. The summed E-state index contributed by atoms with van der Waals surface area (Å²) >= 11 is 1.33. The number of aliphatic hydroxyl groups is 1. The quantitative estimate of drug-likeness (QED) is 0.264. The molecule has 28 heavy (non-hydrogen) atoms. The van der Waals surface area contributed by atoms with E-state index in [4.69, 9.17) is 4.74 Å². The number of benzene rings is 2. The van der Waals surface area contributed by atoms with Crippen LogP contribution in [0.1, 0.15) is 12.7 Å². The Hall–Kier alpha value is -3.44. The standard InChI is InChI=1S/C20H17N5O2S/c1-11(28-20-24-16-8-7-12(27-2)9-17(16)25-20)18(26)13(10-21)19-22-14-5-3-4-6-15(14)23-19/h3-9,11,26H,1-2H3,(H,22,23)(H,24,25)/b18-13-. The number of imidazole rings is 2. The van der Waals surface area contributed by atoms with Crippen molar-refractivity contribution >= 4 is 39.4 Å². The number of para-hydroxylation sites is 2. The van der Waals surface area contributed by atoms with Gasteiger partial charge in [0.05, 0.1) is 34.4 Å². The molecule has 3 N–H and O–H groups in total. The predicted octanol–water partition coefficient (Wildman–Crippen LogP) is 4.42. The molecule has 0 spiro atoms. The van der Waals surface area contributed by atoms with Crippen LogP contribution in [0.5, 0.6) is 5.75 Å². The summed E-state index contributed by atoms with van der Waals surface area (Å²) in [4.78, 5) is 15.2. The summed E-state index contributed by atoms with van der Waals surface area (Å²) in [5, 5.41) is 20.5. The Balaban J connectivity index is 1.63. The van der Waals surface area contributed by atoms with Gasteiger partial charge in [0.15, 0.2) is 11.0 Å². The summed E-state index contributed by atoms with van der Waals surface area (Å²) in [5.74, 6) is 1.03. The number of aromatic nitrogens is 4. The van der Waals surface area contributed by atoms with E-state index in [0.717, 1.165) is 27.8 Å². The normalized spacial score (nSPS) is 13.3. The Morgan fingerprint density at radius 2 is 1.93 bits per heavy atom.